The van der Waals surface area contributed by atoms with Crippen LogP contribution in [0, 0.1) is 11.8 Å². The number of hydrogen-bond donors (Lipinski definition) is 3. The number of amides is 2. The van der Waals surface area contributed by atoms with E-state index in [1.807, 2.05) is 4.90 Å². The second kappa shape index (κ2) is 15.0. The van der Waals surface area contributed by atoms with Crippen molar-refractivity contribution in [2.24, 2.45) is 17.6 Å². The zero-order valence-electron chi connectivity index (χ0n) is 21.2. The molecule has 2 amide bonds. The molecule has 1 aliphatic rings. The van der Waals surface area contributed by atoms with Gasteiger partial charge in [-0.25, -0.2) is 9.97 Å². The Balaban J connectivity index is 0.00000544. The van der Waals surface area contributed by atoms with Crippen LogP contribution in [-0.4, -0.2) is 70.9 Å². The molecule has 1 fully saturated rings. The molecule has 0 aliphatic carbocycles. The lowest BCUT2D eigenvalue weighted by molar-refractivity contribution is -0.122. The highest BCUT2D eigenvalue weighted by Gasteiger charge is 2.34. The normalized spacial score (nSPS) is 18.0. The first-order valence-electron chi connectivity index (χ1n) is 11.5. The molecule has 0 radical (unpaired) electrons. The Bertz CT molecular complexity index is 791. The first kappa shape index (κ1) is 32.7. The van der Waals surface area contributed by atoms with Crippen LogP contribution in [0.5, 0.6) is 0 Å². The third-order valence-electron chi connectivity index (χ3n) is 5.50. The summed E-state index contributed by atoms with van der Waals surface area (Å²) in [5, 5.41) is 6.65. The van der Waals surface area contributed by atoms with Crippen LogP contribution in [0.2, 0.25) is 0 Å². The van der Waals surface area contributed by atoms with Crippen molar-refractivity contribution in [2.45, 2.75) is 58.9 Å². The highest BCUT2D eigenvalue weighted by molar-refractivity contribution is 7.98. The van der Waals surface area contributed by atoms with E-state index in [9.17, 15) is 9.59 Å². The zero-order chi connectivity index (χ0) is 23.9. The van der Waals surface area contributed by atoms with Crippen molar-refractivity contribution in [3.8, 4) is 0 Å². The molecule has 1 aromatic rings. The minimum Gasteiger partial charge on any atom is -0.369 e. The maximum absolute atomic E-state index is 13.8. The molecular weight excluding hydrogens is 495 g/mol. The molecule has 1 aliphatic heterocycles. The first-order valence-corrected chi connectivity index (χ1v) is 12.8. The van der Waals surface area contributed by atoms with Gasteiger partial charge in [0.1, 0.15) is 17.2 Å². The molecule has 196 valence electrons. The minimum atomic E-state index is -0.326. The molecule has 2 rings (SSSR count). The van der Waals surface area contributed by atoms with Gasteiger partial charge in [0.2, 0.25) is 5.91 Å². The van der Waals surface area contributed by atoms with Crippen LogP contribution in [0.15, 0.2) is 6.20 Å². The maximum Gasteiger partial charge on any atom is 0.259 e. The Hall–Kier alpha value is -1.29. The summed E-state index contributed by atoms with van der Waals surface area (Å²) >= 11 is 1.80. The summed E-state index contributed by atoms with van der Waals surface area (Å²) in [5.74, 6) is 1.89. The number of rotatable bonds is 10. The maximum atomic E-state index is 13.8. The average Bonchev–Trinajstić information content (AvgIpc) is 2.73. The van der Waals surface area contributed by atoms with Crippen LogP contribution >= 0.6 is 36.6 Å². The fourth-order valence-corrected chi connectivity index (χ4v) is 4.21. The van der Waals surface area contributed by atoms with Gasteiger partial charge in [0.05, 0.1) is 5.92 Å². The van der Waals surface area contributed by atoms with Gasteiger partial charge in [-0.15, -0.1) is 24.8 Å². The van der Waals surface area contributed by atoms with Crippen molar-refractivity contribution in [1.29, 1.82) is 0 Å². The SMILES string of the molecule is CSCCCNc1nc(C(C)(C)C)ncc1C(=O)N(CC(C)C)[C@@H]1CNC[C@H](C(N)=O)C1.Cl.Cl. The lowest BCUT2D eigenvalue weighted by Crippen LogP contribution is -2.54. The van der Waals surface area contributed by atoms with Gasteiger partial charge < -0.3 is 21.3 Å². The number of carbonyl (C=O) groups is 2. The van der Waals surface area contributed by atoms with E-state index < -0.39 is 0 Å². The van der Waals surface area contributed by atoms with Crippen molar-refractivity contribution in [3.63, 3.8) is 0 Å². The van der Waals surface area contributed by atoms with Crippen LogP contribution in [0.3, 0.4) is 0 Å². The Morgan fingerprint density at radius 3 is 2.53 bits per heavy atom. The molecule has 34 heavy (non-hydrogen) atoms. The van der Waals surface area contributed by atoms with Gasteiger partial charge in [-0.1, -0.05) is 34.6 Å². The van der Waals surface area contributed by atoms with Gasteiger partial charge >= 0.3 is 0 Å². The fourth-order valence-electron chi connectivity index (χ4n) is 3.78. The smallest absolute Gasteiger partial charge is 0.259 e. The van der Waals surface area contributed by atoms with E-state index in [1.165, 1.54) is 0 Å². The van der Waals surface area contributed by atoms with Crippen LogP contribution < -0.4 is 16.4 Å². The molecule has 2 atom stereocenters. The number of nitrogens with zero attached hydrogens (tertiary/aromatic N) is 3. The number of primary amides is 1. The standard InChI is InChI=1S/C23H40N6O2S.2ClH/c1-15(2)14-29(17-10-16(19(24)30)11-25-12-17)21(31)18-13-27-22(23(3,4)5)28-20(18)26-8-7-9-32-6;;/h13,15-17,25H,7-12,14H2,1-6H3,(H2,24,30)(H,26,27,28);2*1H/t16-,17+;;/m1../s1. The number of piperidine rings is 1. The number of halogens is 2. The van der Waals surface area contributed by atoms with E-state index in [0.717, 1.165) is 18.7 Å². The Morgan fingerprint density at radius 1 is 1.29 bits per heavy atom. The predicted molar refractivity (Wildman–Crippen MR) is 147 cm³/mol. The van der Waals surface area contributed by atoms with Gasteiger partial charge in [-0.05, 0) is 30.8 Å². The summed E-state index contributed by atoms with van der Waals surface area (Å²) in [7, 11) is 0. The number of carbonyl (C=O) groups excluding carboxylic acids is 2. The van der Waals surface area contributed by atoms with E-state index in [-0.39, 0.29) is 59.9 Å². The third kappa shape index (κ3) is 9.40. The van der Waals surface area contributed by atoms with E-state index >= 15 is 0 Å². The zero-order valence-corrected chi connectivity index (χ0v) is 23.7. The Labute approximate surface area is 221 Å². The van der Waals surface area contributed by atoms with E-state index in [4.69, 9.17) is 10.7 Å². The van der Waals surface area contributed by atoms with Gasteiger partial charge in [0.15, 0.2) is 0 Å². The second-order valence-corrected chi connectivity index (χ2v) is 11.0. The number of nitrogens with two attached hydrogens (primary N) is 1. The molecule has 0 spiro atoms. The molecule has 0 saturated carbocycles. The highest BCUT2D eigenvalue weighted by atomic mass is 35.5. The summed E-state index contributed by atoms with van der Waals surface area (Å²) in [4.78, 5) is 36.7. The number of hydrogen-bond acceptors (Lipinski definition) is 7. The van der Waals surface area contributed by atoms with Crippen LogP contribution in [-0.2, 0) is 10.2 Å². The number of nitrogens with one attached hydrogen (secondary N) is 2. The van der Waals surface area contributed by atoms with Crippen LogP contribution in [0.1, 0.15) is 63.6 Å². The largest absolute Gasteiger partial charge is 0.369 e. The van der Waals surface area contributed by atoms with Gasteiger partial charge in [0, 0.05) is 43.8 Å². The monoisotopic (exact) mass is 536 g/mol. The summed E-state index contributed by atoms with van der Waals surface area (Å²) in [5.41, 5.74) is 5.82. The second-order valence-electron chi connectivity index (χ2n) is 9.98. The van der Waals surface area contributed by atoms with Crippen molar-refractivity contribution in [1.82, 2.24) is 20.2 Å². The molecular formula is C23H42Cl2N6O2S. The molecule has 0 bridgehead atoms. The van der Waals surface area contributed by atoms with Gasteiger partial charge in [-0.3, -0.25) is 9.59 Å². The summed E-state index contributed by atoms with van der Waals surface area (Å²) in [6, 6.07) is -0.109. The molecule has 1 aromatic heterocycles. The summed E-state index contributed by atoms with van der Waals surface area (Å²) in [6.07, 6.45) is 5.28. The highest BCUT2D eigenvalue weighted by Crippen LogP contribution is 2.25. The average molecular weight is 538 g/mol. The van der Waals surface area contributed by atoms with E-state index in [1.54, 1.807) is 18.0 Å². The third-order valence-corrected chi connectivity index (χ3v) is 6.20. The molecule has 4 N–H and O–H groups in total. The van der Waals surface area contributed by atoms with Crippen LogP contribution in [0.25, 0.3) is 0 Å². The number of thioether (sulfide) groups is 1. The first-order chi connectivity index (χ1) is 15.0. The fraction of sp³-hybridized carbons (Fsp3) is 0.739. The summed E-state index contributed by atoms with van der Waals surface area (Å²) < 4.78 is 0. The van der Waals surface area contributed by atoms with Gasteiger partial charge in [-0.2, -0.15) is 11.8 Å². The van der Waals surface area contributed by atoms with Crippen LogP contribution in [0.4, 0.5) is 5.82 Å². The quantitative estimate of drug-likeness (QED) is 0.393. The lowest BCUT2D eigenvalue weighted by atomic mass is 9.93. The van der Waals surface area contributed by atoms with Gasteiger partial charge in [0.25, 0.3) is 5.91 Å². The molecule has 0 unspecified atom stereocenters. The topological polar surface area (TPSA) is 113 Å². The number of anilines is 1. The summed E-state index contributed by atoms with van der Waals surface area (Å²) in [6.45, 7) is 12.9. The number of aromatic nitrogens is 2. The van der Waals surface area contributed by atoms with E-state index in [2.05, 4.69) is 56.5 Å². The molecule has 8 nitrogen and oxygen atoms in total. The molecule has 2 heterocycles. The van der Waals surface area contributed by atoms with E-state index in [0.29, 0.717) is 43.3 Å². The van der Waals surface area contributed by atoms with Crippen molar-refractivity contribution in [2.75, 3.05) is 43.5 Å². The van der Waals surface area contributed by atoms with Crippen molar-refractivity contribution >= 4 is 54.2 Å². The Kier molecular flexibility index (Phi) is 14.4. The minimum absolute atomic E-state index is 0. The molecule has 11 heteroatoms. The lowest BCUT2D eigenvalue weighted by Gasteiger charge is -2.38. The van der Waals surface area contributed by atoms with Crippen molar-refractivity contribution < 1.29 is 9.59 Å². The van der Waals surface area contributed by atoms with Crippen molar-refractivity contribution in [3.05, 3.63) is 17.6 Å². The molecule has 0 aromatic carbocycles. The Morgan fingerprint density at radius 2 is 1.97 bits per heavy atom. The predicted octanol–water partition coefficient (Wildman–Crippen LogP) is 3.34. The molecule has 1 saturated heterocycles.